The first-order valence-electron chi connectivity index (χ1n) is 12.1. The van der Waals surface area contributed by atoms with Gasteiger partial charge in [0, 0.05) is 62.5 Å². The quantitative estimate of drug-likeness (QED) is 0.163. The lowest BCUT2D eigenvalue weighted by atomic mass is 9.96. The second-order valence-electron chi connectivity index (χ2n) is 9.05. The number of carbonyl (C=O) groups is 1. The van der Waals surface area contributed by atoms with E-state index in [0.29, 0.717) is 18.6 Å². The first-order valence-corrected chi connectivity index (χ1v) is 12.1. The number of amides is 1. The maximum atomic E-state index is 11.5. The maximum absolute atomic E-state index is 11.5. The summed E-state index contributed by atoms with van der Waals surface area (Å²) in [6.45, 7) is 16.0. The zero-order valence-corrected chi connectivity index (χ0v) is 23.3. The van der Waals surface area contributed by atoms with Crippen molar-refractivity contribution in [2.24, 2.45) is 16.6 Å². The Morgan fingerprint density at radius 3 is 2.48 bits per heavy atom. The number of anilines is 1. The first kappa shape index (κ1) is 29.4. The Balaban J connectivity index is 0.00000544. The van der Waals surface area contributed by atoms with Crippen LogP contribution >= 0.6 is 24.0 Å². The second kappa shape index (κ2) is 15.3. The van der Waals surface area contributed by atoms with E-state index in [4.69, 9.17) is 10.7 Å². The number of halogens is 1. The van der Waals surface area contributed by atoms with Gasteiger partial charge in [-0.2, -0.15) is 0 Å². The summed E-state index contributed by atoms with van der Waals surface area (Å²) in [5.74, 6) is 1.57. The van der Waals surface area contributed by atoms with E-state index in [0.717, 1.165) is 69.3 Å². The van der Waals surface area contributed by atoms with Gasteiger partial charge in [-0.1, -0.05) is 6.07 Å². The molecule has 33 heavy (non-hydrogen) atoms. The van der Waals surface area contributed by atoms with Gasteiger partial charge in [-0.3, -0.25) is 9.69 Å². The molecule has 1 aliphatic heterocycles. The van der Waals surface area contributed by atoms with Crippen molar-refractivity contribution in [3.8, 4) is 0 Å². The topological polar surface area (TPSA) is 98.9 Å². The van der Waals surface area contributed by atoms with Gasteiger partial charge in [0.1, 0.15) is 5.82 Å². The predicted molar refractivity (Wildman–Crippen MR) is 148 cm³/mol. The standard InChI is InChI=1S/C24H43N7O.HI/c1-6-26-24(28-13-8-14-31(18(2)3)19(4)5)29-17-21-9-7-12-27-23(21)30-15-10-20(11-16-30)22(25)32;/h7,9,12,18-20H,6,8,10-11,13-17H2,1-5H3,(H2,25,32)(H2,26,28,29);1H. The Bertz CT molecular complexity index is 725. The number of nitrogens with one attached hydrogen (secondary N) is 2. The number of piperidine rings is 1. The zero-order chi connectivity index (χ0) is 23.5. The molecule has 0 radical (unpaired) electrons. The fourth-order valence-electron chi connectivity index (χ4n) is 4.30. The van der Waals surface area contributed by atoms with Crippen LogP contribution in [0.4, 0.5) is 5.82 Å². The van der Waals surface area contributed by atoms with E-state index in [1.165, 1.54) is 0 Å². The number of aliphatic imine (C=N–C) groups is 1. The molecule has 0 spiro atoms. The smallest absolute Gasteiger partial charge is 0.220 e. The van der Waals surface area contributed by atoms with E-state index in [2.05, 4.69) is 66.1 Å². The van der Waals surface area contributed by atoms with Crippen molar-refractivity contribution in [3.05, 3.63) is 23.9 Å². The zero-order valence-electron chi connectivity index (χ0n) is 21.0. The molecular formula is C24H44IN7O. The highest BCUT2D eigenvalue weighted by molar-refractivity contribution is 14.0. The molecule has 2 rings (SSSR count). The molecule has 0 unspecified atom stereocenters. The number of primary amides is 1. The summed E-state index contributed by atoms with van der Waals surface area (Å²) in [6, 6.07) is 5.14. The predicted octanol–water partition coefficient (Wildman–Crippen LogP) is 2.97. The molecule has 0 aromatic carbocycles. The van der Waals surface area contributed by atoms with Crippen molar-refractivity contribution in [3.63, 3.8) is 0 Å². The highest BCUT2D eigenvalue weighted by Gasteiger charge is 2.24. The van der Waals surface area contributed by atoms with Crippen molar-refractivity contribution >= 4 is 41.7 Å². The monoisotopic (exact) mass is 573 g/mol. The van der Waals surface area contributed by atoms with Crippen LogP contribution < -0.4 is 21.3 Å². The molecule has 1 aromatic heterocycles. The lowest BCUT2D eigenvalue weighted by Gasteiger charge is -2.32. The van der Waals surface area contributed by atoms with Gasteiger partial charge < -0.3 is 21.3 Å². The number of hydrogen-bond donors (Lipinski definition) is 3. The molecule has 8 nitrogen and oxygen atoms in total. The second-order valence-corrected chi connectivity index (χ2v) is 9.05. The third-order valence-corrected chi connectivity index (χ3v) is 6.03. The lowest BCUT2D eigenvalue weighted by Crippen LogP contribution is -2.41. The molecule has 0 bridgehead atoms. The fourth-order valence-corrected chi connectivity index (χ4v) is 4.30. The summed E-state index contributed by atoms with van der Waals surface area (Å²) in [5.41, 5.74) is 6.57. The van der Waals surface area contributed by atoms with E-state index < -0.39 is 0 Å². The van der Waals surface area contributed by atoms with Crippen LogP contribution in [0.25, 0.3) is 0 Å². The van der Waals surface area contributed by atoms with Gasteiger partial charge in [0.25, 0.3) is 0 Å². The van der Waals surface area contributed by atoms with Crippen LogP contribution in [0.3, 0.4) is 0 Å². The van der Waals surface area contributed by atoms with Crippen molar-refractivity contribution in [2.45, 2.75) is 72.5 Å². The van der Waals surface area contributed by atoms with Crippen molar-refractivity contribution < 1.29 is 4.79 Å². The van der Waals surface area contributed by atoms with Gasteiger partial charge in [-0.25, -0.2) is 9.98 Å². The Morgan fingerprint density at radius 2 is 1.91 bits per heavy atom. The van der Waals surface area contributed by atoms with Crippen molar-refractivity contribution in [1.82, 2.24) is 20.5 Å². The molecule has 1 amide bonds. The minimum Gasteiger partial charge on any atom is -0.369 e. The summed E-state index contributed by atoms with van der Waals surface area (Å²) in [7, 11) is 0. The molecule has 1 aliphatic rings. The van der Waals surface area contributed by atoms with Crippen LogP contribution in [0, 0.1) is 5.92 Å². The third-order valence-electron chi connectivity index (χ3n) is 6.03. The van der Waals surface area contributed by atoms with Gasteiger partial charge in [0.05, 0.1) is 6.54 Å². The lowest BCUT2D eigenvalue weighted by molar-refractivity contribution is -0.122. The molecule has 2 heterocycles. The molecule has 9 heteroatoms. The summed E-state index contributed by atoms with van der Waals surface area (Å²) >= 11 is 0. The Hall–Kier alpha value is -1.62. The highest BCUT2D eigenvalue weighted by atomic mass is 127. The van der Waals surface area contributed by atoms with Gasteiger partial charge in [-0.15, -0.1) is 24.0 Å². The minimum atomic E-state index is -0.193. The summed E-state index contributed by atoms with van der Waals surface area (Å²) in [4.78, 5) is 25.7. The van der Waals surface area contributed by atoms with E-state index >= 15 is 0 Å². The number of rotatable bonds is 11. The van der Waals surface area contributed by atoms with Crippen molar-refractivity contribution in [2.75, 3.05) is 37.6 Å². The van der Waals surface area contributed by atoms with Crippen LogP contribution in [0.1, 0.15) is 59.4 Å². The van der Waals surface area contributed by atoms with Gasteiger partial charge in [-0.05, 0) is 59.9 Å². The number of pyridine rings is 1. The Labute approximate surface area is 217 Å². The number of guanidine groups is 1. The summed E-state index contributed by atoms with van der Waals surface area (Å²) in [5, 5.41) is 6.81. The molecule has 0 saturated carbocycles. The summed E-state index contributed by atoms with van der Waals surface area (Å²) < 4.78 is 0. The average molecular weight is 574 g/mol. The van der Waals surface area contributed by atoms with E-state index in [9.17, 15) is 4.79 Å². The molecular weight excluding hydrogens is 529 g/mol. The van der Waals surface area contributed by atoms with Crippen LogP contribution in [-0.2, 0) is 11.3 Å². The van der Waals surface area contributed by atoms with Gasteiger partial charge in [0.15, 0.2) is 5.96 Å². The van der Waals surface area contributed by atoms with Crippen molar-refractivity contribution in [1.29, 1.82) is 0 Å². The molecule has 4 N–H and O–H groups in total. The van der Waals surface area contributed by atoms with Crippen LogP contribution in [-0.4, -0.2) is 66.6 Å². The minimum absolute atomic E-state index is 0. The number of carbonyl (C=O) groups excluding carboxylic acids is 1. The largest absolute Gasteiger partial charge is 0.369 e. The highest BCUT2D eigenvalue weighted by Crippen LogP contribution is 2.24. The molecule has 188 valence electrons. The molecule has 1 fully saturated rings. The average Bonchev–Trinajstić information content (AvgIpc) is 2.77. The van der Waals surface area contributed by atoms with E-state index in [1.807, 2.05) is 12.3 Å². The molecule has 0 atom stereocenters. The normalized spacial score (nSPS) is 15.2. The molecule has 1 saturated heterocycles. The van der Waals surface area contributed by atoms with Gasteiger partial charge >= 0.3 is 0 Å². The summed E-state index contributed by atoms with van der Waals surface area (Å²) in [6.07, 6.45) is 4.44. The number of nitrogens with zero attached hydrogens (tertiary/aromatic N) is 4. The van der Waals surface area contributed by atoms with E-state index in [1.54, 1.807) is 0 Å². The van der Waals surface area contributed by atoms with Crippen LogP contribution in [0.15, 0.2) is 23.3 Å². The third kappa shape index (κ3) is 9.64. The van der Waals surface area contributed by atoms with Gasteiger partial charge in [0.2, 0.25) is 5.91 Å². The Morgan fingerprint density at radius 1 is 1.24 bits per heavy atom. The number of hydrogen-bond acceptors (Lipinski definition) is 5. The Kier molecular flexibility index (Phi) is 13.6. The SMILES string of the molecule is CCNC(=NCc1cccnc1N1CCC(C(N)=O)CC1)NCCCN(C(C)C)C(C)C.I. The number of aromatic nitrogens is 1. The number of nitrogens with two attached hydrogens (primary N) is 1. The maximum Gasteiger partial charge on any atom is 0.220 e. The van der Waals surface area contributed by atoms with Crippen LogP contribution in [0.5, 0.6) is 0 Å². The fraction of sp³-hybridized carbons (Fsp3) is 0.708. The molecule has 1 aromatic rings. The molecule has 0 aliphatic carbocycles. The van der Waals surface area contributed by atoms with E-state index in [-0.39, 0.29) is 35.8 Å². The first-order chi connectivity index (χ1) is 15.3. The van der Waals surface area contributed by atoms with Crippen LogP contribution in [0.2, 0.25) is 0 Å².